The van der Waals surface area contributed by atoms with E-state index in [4.69, 9.17) is 15.6 Å². The molecule has 5 heteroatoms. The van der Waals surface area contributed by atoms with E-state index in [2.05, 4.69) is 15.9 Å². The maximum Gasteiger partial charge on any atom is 0.120 e. The number of piperazine rings is 1. The van der Waals surface area contributed by atoms with Crippen molar-refractivity contribution in [1.29, 1.82) is 0 Å². The van der Waals surface area contributed by atoms with Gasteiger partial charge in [-0.3, -0.25) is 4.90 Å². The van der Waals surface area contributed by atoms with Crippen molar-refractivity contribution in [2.24, 2.45) is 5.73 Å². The topological polar surface area (TPSA) is 62.0 Å². The van der Waals surface area contributed by atoms with Gasteiger partial charge in [0.1, 0.15) is 5.75 Å². The van der Waals surface area contributed by atoms with Crippen LogP contribution in [0.25, 0.3) is 0 Å². The average molecular weight is 265 g/mol. The molecule has 2 rings (SSSR count). The first-order chi connectivity index (χ1) is 9.28. The van der Waals surface area contributed by atoms with Crippen LogP contribution in [0.4, 0.5) is 5.69 Å². The molecule has 0 bridgehead atoms. The summed E-state index contributed by atoms with van der Waals surface area (Å²) >= 11 is 0. The van der Waals surface area contributed by atoms with Crippen molar-refractivity contribution in [3.8, 4) is 5.75 Å². The molecule has 1 saturated heterocycles. The highest BCUT2D eigenvalue weighted by molar-refractivity contribution is 5.57. The predicted octanol–water partition coefficient (Wildman–Crippen LogP) is 0.268. The SMILES string of the molecule is COc1ccc(CN)c(N2CCN(CCO)CC2)c1. The maximum absolute atomic E-state index is 8.96. The number of β-amino-alcohol motifs (C(OH)–C–C–N with tert-alkyl or cyclic N) is 1. The second-order valence-electron chi connectivity index (χ2n) is 4.75. The Balaban J connectivity index is 2.09. The van der Waals surface area contributed by atoms with Gasteiger partial charge in [-0.15, -0.1) is 0 Å². The molecule has 0 spiro atoms. The molecule has 0 aliphatic carbocycles. The van der Waals surface area contributed by atoms with Gasteiger partial charge in [-0.05, 0) is 11.6 Å². The zero-order chi connectivity index (χ0) is 13.7. The molecule has 1 heterocycles. The summed E-state index contributed by atoms with van der Waals surface area (Å²) in [5.41, 5.74) is 8.13. The first-order valence-corrected chi connectivity index (χ1v) is 6.73. The predicted molar refractivity (Wildman–Crippen MR) is 76.6 cm³/mol. The van der Waals surface area contributed by atoms with Gasteiger partial charge in [0.25, 0.3) is 0 Å². The minimum Gasteiger partial charge on any atom is -0.497 e. The van der Waals surface area contributed by atoms with Crippen LogP contribution < -0.4 is 15.4 Å². The Morgan fingerprint density at radius 2 is 2.00 bits per heavy atom. The van der Waals surface area contributed by atoms with Crippen LogP contribution in [0, 0.1) is 0 Å². The van der Waals surface area contributed by atoms with Gasteiger partial charge in [-0.1, -0.05) is 6.07 Å². The quantitative estimate of drug-likeness (QED) is 0.800. The van der Waals surface area contributed by atoms with Crippen molar-refractivity contribution in [1.82, 2.24) is 4.90 Å². The minimum atomic E-state index is 0.229. The van der Waals surface area contributed by atoms with E-state index in [1.807, 2.05) is 12.1 Å². The van der Waals surface area contributed by atoms with E-state index in [-0.39, 0.29) is 6.61 Å². The summed E-state index contributed by atoms with van der Waals surface area (Å²) in [6.07, 6.45) is 0. The normalized spacial score (nSPS) is 16.7. The molecule has 1 aromatic rings. The summed E-state index contributed by atoms with van der Waals surface area (Å²) in [7, 11) is 1.68. The van der Waals surface area contributed by atoms with E-state index < -0.39 is 0 Å². The molecule has 1 aromatic carbocycles. The van der Waals surface area contributed by atoms with Crippen LogP contribution in [0.2, 0.25) is 0 Å². The summed E-state index contributed by atoms with van der Waals surface area (Å²) in [5.74, 6) is 0.866. The second-order valence-corrected chi connectivity index (χ2v) is 4.75. The number of methoxy groups -OCH3 is 1. The summed E-state index contributed by atoms with van der Waals surface area (Å²) in [5, 5.41) is 8.96. The number of hydrogen-bond donors (Lipinski definition) is 2. The molecular formula is C14H23N3O2. The number of nitrogens with zero attached hydrogens (tertiary/aromatic N) is 2. The second kappa shape index (κ2) is 6.75. The van der Waals surface area contributed by atoms with Crippen LogP contribution in [-0.4, -0.2) is 56.4 Å². The van der Waals surface area contributed by atoms with E-state index >= 15 is 0 Å². The van der Waals surface area contributed by atoms with Gasteiger partial charge in [0, 0.05) is 51.0 Å². The molecule has 3 N–H and O–H groups in total. The fraction of sp³-hybridized carbons (Fsp3) is 0.571. The van der Waals surface area contributed by atoms with Crippen molar-refractivity contribution in [2.75, 3.05) is 51.3 Å². The van der Waals surface area contributed by atoms with Gasteiger partial charge in [-0.2, -0.15) is 0 Å². The van der Waals surface area contributed by atoms with Crippen LogP contribution in [0.3, 0.4) is 0 Å². The lowest BCUT2D eigenvalue weighted by atomic mass is 10.1. The smallest absolute Gasteiger partial charge is 0.120 e. The number of aliphatic hydroxyl groups is 1. The highest BCUT2D eigenvalue weighted by atomic mass is 16.5. The van der Waals surface area contributed by atoms with Gasteiger partial charge in [0.15, 0.2) is 0 Å². The van der Waals surface area contributed by atoms with Crippen LogP contribution in [0.5, 0.6) is 5.75 Å². The van der Waals surface area contributed by atoms with Crippen LogP contribution in [0.15, 0.2) is 18.2 Å². The number of hydrogen-bond acceptors (Lipinski definition) is 5. The molecule has 0 aromatic heterocycles. The van der Waals surface area contributed by atoms with Crippen molar-refractivity contribution >= 4 is 5.69 Å². The van der Waals surface area contributed by atoms with Gasteiger partial charge < -0.3 is 20.5 Å². The molecular weight excluding hydrogens is 242 g/mol. The number of nitrogens with two attached hydrogens (primary N) is 1. The number of benzene rings is 1. The Bertz CT molecular complexity index is 404. The number of rotatable bonds is 5. The van der Waals surface area contributed by atoms with Crippen LogP contribution in [-0.2, 0) is 6.54 Å². The first-order valence-electron chi connectivity index (χ1n) is 6.73. The molecule has 0 amide bonds. The Labute approximate surface area is 114 Å². The highest BCUT2D eigenvalue weighted by Crippen LogP contribution is 2.26. The van der Waals surface area contributed by atoms with Crippen LogP contribution >= 0.6 is 0 Å². The molecule has 1 fully saturated rings. The van der Waals surface area contributed by atoms with Gasteiger partial charge in [-0.25, -0.2) is 0 Å². The van der Waals surface area contributed by atoms with Crippen molar-refractivity contribution < 1.29 is 9.84 Å². The molecule has 0 saturated carbocycles. The lowest BCUT2D eigenvalue weighted by molar-refractivity contribution is 0.188. The van der Waals surface area contributed by atoms with Crippen LogP contribution in [0.1, 0.15) is 5.56 Å². The van der Waals surface area contributed by atoms with Crippen molar-refractivity contribution in [3.63, 3.8) is 0 Å². The van der Waals surface area contributed by atoms with E-state index in [0.29, 0.717) is 6.54 Å². The Kier molecular flexibility index (Phi) is 5.01. The molecule has 19 heavy (non-hydrogen) atoms. The number of anilines is 1. The average Bonchev–Trinajstić information content (AvgIpc) is 2.47. The van der Waals surface area contributed by atoms with E-state index in [0.717, 1.165) is 44.0 Å². The van der Waals surface area contributed by atoms with Gasteiger partial charge in [0.2, 0.25) is 0 Å². The fourth-order valence-corrected chi connectivity index (χ4v) is 2.49. The first kappa shape index (κ1) is 14.1. The van der Waals surface area contributed by atoms with Gasteiger partial charge in [0.05, 0.1) is 13.7 Å². The molecule has 5 nitrogen and oxygen atoms in total. The lowest BCUT2D eigenvalue weighted by Gasteiger charge is -2.36. The summed E-state index contributed by atoms with van der Waals surface area (Å²) < 4.78 is 5.29. The highest BCUT2D eigenvalue weighted by Gasteiger charge is 2.18. The molecule has 106 valence electrons. The van der Waals surface area contributed by atoms with E-state index in [1.165, 1.54) is 5.69 Å². The summed E-state index contributed by atoms with van der Waals surface area (Å²) in [6, 6.07) is 6.05. The maximum atomic E-state index is 8.96. The summed E-state index contributed by atoms with van der Waals surface area (Å²) in [4.78, 5) is 4.62. The molecule has 0 radical (unpaired) electrons. The zero-order valence-electron chi connectivity index (χ0n) is 11.5. The summed E-state index contributed by atoms with van der Waals surface area (Å²) in [6.45, 7) is 5.39. The van der Waals surface area contributed by atoms with Gasteiger partial charge >= 0.3 is 0 Å². The standard InChI is InChI=1S/C14H23N3O2/c1-19-13-3-2-12(11-15)14(10-13)17-6-4-16(5-7-17)8-9-18/h2-3,10,18H,4-9,11,15H2,1H3. The van der Waals surface area contributed by atoms with E-state index in [1.54, 1.807) is 7.11 Å². The fourth-order valence-electron chi connectivity index (χ4n) is 2.49. The number of ether oxygens (including phenoxy) is 1. The molecule has 1 aliphatic rings. The van der Waals surface area contributed by atoms with Crippen molar-refractivity contribution in [3.05, 3.63) is 23.8 Å². The Hall–Kier alpha value is -1.30. The third kappa shape index (κ3) is 3.37. The zero-order valence-corrected chi connectivity index (χ0v) is 11.5. The third-order valence-electron chi connectivity index (χ3n) is 3.64. The third-order valence-corrected chi connectivity index (χ3v) is 3.64. The largest absolute Gasteiger partial charge is 0.497 e. The monoisotopic (exact) mass is 265 g/mol. The van der Waals surface area contributed by atoms with E-state index in [9.17, 15) is 0 Å². The molecule has 0 atom stereocenters. The lowest BCUT2D eigenvalue weighted by Crippen LogP contribution is -2.47. The minimum absolute atomic E-state index is 0.229. The Morgan fingerprint density at radius 1 is 1.26 bits per heavy atom. The Morgan fingerprint density at radius 3 is 2.58 bits per heavy atom. The molecule has 1 aliphatic heterocycles. The number of aliphatic hydroxyl groups excluding tert-OH is 1. The molecule has 0 unspecified atom stereocenters. The van der Waals surface area contributed by atoms with Crippen molar-refractivity contribution in [2.45, 2.75) is 6.54 Å².